The minimum Gasteiger partial charge on any atom is -0.490 e. The monoisotopic (exact) mass is 293 g/mol. The molecule has 0 saturated carbocycles. The number of aliphatic hydroxyl groups excluding tert-OH is 2. The molecule has 5 heteroatoms. The summed E-state index contributed by atoms with van der Waals surface area (Å²) in [6.45, 7) is 6.39. The lowest BCUT2D eigenvalue weighted by Gasteiger charge is -2.15. The quantitative estimate of drug-likeness (QED) is 0.730. The van der Waals surface area contributed by atoms with Gasteiger partial charge in [0.1, 0.15) is 35.9 Å². The Morgan fingerprint density at radius 1 is 1.24 bits per heavy atom. The Bertz CT molecular complexity index is 577. The number of rotatable bonds is 7. The first-order valence-electron chi connectivity index (χ1n) is 7.22. The second kappa shape index (κ2) is 6.93. The largest absolute Gasteiger partial charge is 0.490 e. The number of furan rings is 1. The maximum absolute atomic E-state index is 9.87. The number of aliphatic hydroxyl groups is 2. The fraction of sp³-hybridized carbons (Fsp3) is 0.500. The molecule has 0 aliphatic heterocycles. The summed E-state index contributed by atoms with van der Waals surface area (Å²) in [5.41, 5.74) is 0.665. The van der Waals surface area contributed by atoms with Crippen LogP contribution in [-0.2, 0) is 0 Å². The molecule has 116 valence electrons. The highest BCUT2D eigenvalue weighted by Crippen LogP contribution is 2.31. The maximum atomic E-state index is 9.87. The van der Waals surface area contributed by atoms with E-state index in [1.54, 1.807) is 13.0 Å². The molecule has 5 nitrogen and oxygen atoms in total. The molecule has 0 aliphatic rings. The van der Waals surface area contributed by atoms with Crippen LogP contribution in [-0.4, -0.2) is 35.5 Å². The van der Waals surface area contributed by atoms with Crippen LogP contribution in [0.25, 0.3) is 11.0 Å². The predicted molar refractivity (Wildman–Crippen MR) is 81.5 cm³/mol. The van der Waals surface area contributed by atoms with E-state index in [0.29, 0.717) is 29.7 Å². The minimum absolute atomic E-state index is 0.202. The van der Waals surface area contributed by atoms with Crippen LogP contribution < -0.4 is 10.1 Å². The van der Waals surface area contributed by atoms with E-state index in [0.717, 1.165) is 5.39 Å². The van der Waals surface area contributed by atoms with E-state index >= 15 is 0 Å². The molecular weight excluding hydrogens is 270 g/mol. The lowest BCUT2D eigenvalue weighted by atomic mass is 10.2. The minimum atomic E-state index is -0.661. The third-order valence-electron chi connectivity index (χ3n) is 3.15. The van der Waals surface area contributed by atoms with Crippen molar-refractivity contribution in [3.05, 3.63) is 30.0 Å². The van der Waals surface area contributed by atoms with Gasteiger partial charge in [0.15, 0.2) is 0 Å². The Morgan fingerprint density at radius 2 is 2.00 bits per heavy atom. The summed E-state index contributed by atoms with van der Waals surface area (Å²) in [6.07, 6.45) is -1.24. The van der Waals surface area contributed by atoms with Gasteiger partial charge in [-0.2, -0.15) is 0 Å². The first-order chi connectivity index (χ1) is 9.97. The summed E-state index contributed by atoms with van der Waals surface area (Å²) in [5.74, 6) is 1.15. The molecule has 1 aromatic carbocycles. The molecular formula is C16H23NO4. The van der Waals surface area contributed by atoms with Gasteiger partial charge in [0.25, 0.3) is 0 Å². The summed E-state index contributed by atoms with van der Waals surface area (Å²) in [6, 6.07) is 7.57. The van der Waals surface area contributed by atoms with Gasteiger partial charge in [-0.05, 0) is 25.1 Å². The lowest BCUT2D eigenvalue weighted by Crippen LogP contribution is -2.35. The average molecular weight is 293 g/mol. The first kappa shape index (κ1) is 15.8. The van der Waals surface area contributed by atoms with E-state index in [9.17, 15) is 10.2 Å². The van der Waals surface area contributed by atoms with Gasteiger partial charge in [0, 0.05) is 12.6 Å². The van der Waals surface area contributed by atoms with E-state index < -0.39 is 12.2 Å². The Balaban J connectivity index is 2.04. The number of hydrogen-bond donors (Lipinski definition) is 3. The van der Waals surface area contributed by atoms with E-state index in [1.807, 2.05) is 32.0 Å². The molecule has 0 spiro atoms. The number of nitrogens with one attached hydrogen (secondary N) is 1. The van der Waals surface area contributed by atoms with Crippen molar-refractivity contribution >= 4 is 11.0 Å². The van der Waals surface area contributed by atoms with Crippen LogP contribution in [0.5, 0.6) is 5.75 Å². The zero-order chi connectivity index (χ0) is 15.4. The number of benzene rings is 1. The molecule has 1 heterocycles. The van der Waals surface area contributed by atoms with Crippen molar-refractivity contribution in [1.29, 1.82) is 0 Å². The van der Waals surface area contributed by atoms with E-state index in [2.05, 4.69) is 5.32 Å². The first-order valence-corrected chi connectivity index (χ1v) is 7.22. The molecule has 2 unspecified atom stereocenters. The van der Waals surface area contributed by atoms with Crippen molar-refractivity contribution in [2.24, 2.45) is 0 Å². The van der Waals surface area contributed by atoms with Crippen molar-refractivity contribution in [2.45, 2.75) is 39.0 Å². The van der Waals surface area contributed by atoms with Gasteiger partial charge in [-0.1, -0.05) is 19.9 Å². The van der Waals surface area contributed by atoms with Gasteiger partial charge in [-0.25, -0.2) is 0 Å². The summed E-state index contributed by atoms with van der Waals surface area (Å²) in [4.78, 5) is 0. The molecule has 2 aromatic rings. The topological polar surface area (TPSA) is 74.9 Å². The third kappa shape index (κ3) is 4.20. The highest BCUT2D eigenvalue weighted by Gasteiger charge is 2.13. The molecule has 0 bridgehead atoms. The van der Waals surface area contributed by atoms with Crippen molar-refractivity contribution in [3.8, 4) is 5.75 Å². The maximum Gasteiger partial charge on any atom is 0.138 e. The Kier molecular flexibility index (Phi) is 5.22. The molecule has 0 radical (unpaired) electrons. The Morgan fingerprint density at radius 3 is 2.67 bits per heavy atom. The third-order valence-corrected chi connectivity index (χ3v) is 3.15. The van der Waals surface area contributed by atoms with Crippen LogP contribution in [0, 0.1) is 0 Å². The van der Waals surface area contributed by atoms with Crippen LogP contribution in [0.4, 0.5) is 0 Å². The summed E-state index contributed by atoms with van der Waals surface area (Å²) >= 11 is 0. The van der Waals surface area contributed by atoms with Gasteiger partial charge in [0.05, 0.1) is 5.39 Å². The van der Waals surface area contributed by atoms with Gasteiger partial charge >= 0.3 is 0 Å². The van der Waals surface area contributed by atoms with Gasteiger partial charge in [-0.3, -0.25) is 0 Å². The zero-order valence-corrected chi connectivity index (χ0v) is 12.7. The van der Waals surface area contributed by atoms with Crippen LogP contribution in [0.1, 0.15) is 32.6 Å². The molecule has 1 aromatic heterocycles. The summed E-state index contributed by atoms with van der Waals surface area (Å²) < 4.78 is 11.2. The van der Waals surface area contributed by atoms with Crippen molar-refractivity contribution in [1.82, 2.24) is 5.32 Å². The fourth-order valence-corrected chi connectivity index (χ4v) is 2.00. The molecule has 3 N–H and O–H groups in total. The van der Waals surface area contributed by atoms with Gasteiger partial charge < -0.3 is 24.7 Å². The number of fused-ring (bicyclic) bond motifs is 1. The lowest BCUT2D eigenvalue weighted by molar-refractivity contribution is 0.105. The number of ether oxygens (including phenoxy) is 1. The second-order valence-electron chi connectivity index (χ2n) is 5.52. The molecule has 0 saturated heterocycles. The van der Waals surface area contributed by atoms with E-state index in [4.69, 9.17) is 9.15 Å². The van der Waals surface area contributed by atoms with Gasteiger partial charge in [0.2, 0.25) is 0 Å². The predicted octanol–water partition coefficient (Wildman–Crippen LogP) is 2.22. The van der Waals surface area contributed by atoms with Crippen molar-refractivity contribution in [3.63, 3.8) is 0 Å². The smallest absolute Gasteiger partial charge is 0.138 e. The van der Waals surface area contributed by atoms with E-state index in [-0.39, 0.29) is 6.61 Å². The highest BCUT2D eigenvalue weighted by molar-refractivity contribution is 5.84. The normalized spacial score (nSPS) is 14.6. The van der Waals surface area contributed by atoms with Crippen LogP contribution in [0.2, 0.25) is 0 Å². The molecule has 21 heavy (non-hydrogen) atoms. The SMILES string of the molecule is CC(C)NCC(O)COc1cccc2oc(C(C)O)cc12. The van der Waals surface area contributed by atoms with Gasteiger partial charge in [-0.15, -0.1) is 0 Å². The summed E-state index contributed by atoms with van der Waals surface area (Å²) in [5, 5.41) is 23.4. The molecule has 0 fully saturated rings. The Hall–Kier alpha value is -1.56. The van der Waals surface area contributed by atoms with E-state index in [1.165, 1.54) is 0 Å². The molecule has 0 amide bonds. The zero-order valence-electron chi connectivity index (χ0n) is 12.7. The standard InChI is InChI=1S/C16H23NO4/c1-10(2)17-8-12(19)9-20-14-5-4-6-15-13(14)7-16(21-15)11(3)18/h4-7,10-12,17-19H,8-9H2,1-3H3. The van der Waals surface area contributed by atoms with Crippen molar-refractivity contribution < 1.29 is 19.4 Å². The van der Waals surface area contributed by atoms with Crippen LogP contribution in [0.3, 0.4) is 0 Å². The van der Waals surface area contributed by atoms with Crippen molar-refractivity contribution in [2.75, 3.05) is 13.2 Å². The highest BCUT2D eigenvalue weighted by atomic mass is 16.5. The summed E-state index contributed by atoms with van der Waals surface area (Å²) in [7, 11) is 0. The second-order valence-corrected chi connectivity index (χ2v) is 5.52. The molecule has 2 rings (SSSR count). The molecule has 0 aliphatic carbocycles. The van der Waals surface area contributed by atoms with Crippen LogP contribution >= 0.6 is 0 Å². The average Bonchev–Trinajstić information content (AvgIpc) is 2.87. The van der Waals surface area contributed by atoms with Crippen LogP contribution in [0.15, 0.2) is 28.7 Å². The molecule has 2 atom stereocenters. The Labute approximate surface area is 124 Å². The fourth-order valence-electron chi connectivity index (χ4n) is 2.00. The number of hydrogen-bond acceptors (Lipinski definition) is 5.